The van der Waals surface area contributed by atoms with Gasteiger partial charge in [0, 0.05) is 24.4 Å². The second kappa shape index (κ2) is 4.79. The minimum Gasteiger partial charge on any atom is -0.347 e. The van der Waals surface area contributed by atoms with Gasteiger partial charge < -0.3 is 5.32 Å². The van der Waals surface area contributed by atoms with Crippen LogP contribution in [0.15, 0.2) is 23.4 Å². The Labute approximate surface area is 110 Å². The second-order valence-corrected chi connectivity index (χ2v) is 4.82. The van der Waals surface area contributed by atoms with E-state index >= 15 is 0 Å². The molecule has 2 aliphatic rings. The fraction of sp³-hybridized carbons (Fsp3) is 0.385. The summed E-state index contributed by atoms with van der Waals surface area (Å²) in [4.78, 5) is 27.0. The normalized spacial score (nSPS) is 17.9. The SMILES string of the molecule is O=C1CC(C(=O)NCc2ccnc(C3CC3)c2)=NN1. The lowest BCUT2D eigenvalue weighted by atomic mass is 10.1. The summed E-state index contributed by atoms with van der Waals surface area (Å²) < 4.78 is 0. The Morgan fingerprint density at radius 1 is 1.47 bits per heavy atom. The Morgan fingerprint density at radius 3 is 3.00 bits per heavy atom. The standard InChI is InChI=1S/C13H14N4O2/c18-12-6-11(16-17-12)13(19)15-7-8-3-4-14-10(5-8)9-1-2-9/h3-5,9H,1-2,6-7H2,(H,15,19)(H,17,18). The zero-order valence-corrected chi connectivity index (χ0v) is 10.3. The molecule has 1 aliphatic carbocycles. The molecule has 6 heteroatoms. The van der Waals surface area contributed by atoms with Gasteiger partial charge in [-0.15, -0.1) is 0 Å². The Kier molecular flexibility index (Phi) is 2.98. The quantitative estimate of drug-likeness (QED) is 0.822. The molecule has 2 heterocycles. The molecular formula is C13H14N4O2. The van der Waals surface area contributed by atoms with E-state index in [1.165, 1.54) is 12.8 Å². The summed E-state index contributed by atoms with van der Waals surface area (Å²) in [7, 11) is 0. The third-order valence-electron chi connectivity index (χ3n) is 3.20. The van der Waals surface area contributed by atoms with Gasteiger partial charge in [-0.1, -0.05) is 0 Å². The minimum atomic E-state index is -0.303. The van der Waals surface area contributed by atoms with Crippen LogP contribution < -0.4 is 10.7 Å². The van der Waals surface area contributed by atoms with Crippen LogP contribution in [0, 0.1) is 0 Å². The van der Waals surface area contributed by atoms with Crippen LogP contribution in [0.3, 0.4) is 0 Å². The molecule has 3 rings (SSSR count). The molecule has 0 radical (unpaired) electrons. The highest BCUT2D eigenvalue weighted by molar-refractivity contribution is 6.43. The first-order valence-electron chi connectivity index (χ1n) is 6.31. The van der Waals surface area contributed by atoms with Gasteiger partial charge in [-0.2, -0.15) is 5.10 Å². The molecule has 0 saturated heterocycles. The van der Waals surface area contributed by atoms with Crippen LogP contribution in [0.1, 0.15) is 36.4 Å². The van der Waals surface area contributed by atoms with Gasteiger partial charge in [0.2, 0.25) is 5.91 Å². The van der Waals surface area contributed by atoms with Crippen molar-refractivity contribution in [3.63, 3.8) is 0 Å². The van der Waals surface area contributed by atoms with Gasteiger partial charge in [0.25, 0.3) is 5.91 Å². The molecule has 1 saturated carbocycles. The zero-order valence-electron chi connectivity index (χ0n) is 10.3. The number of pyridine rings is 1. The molecule has 2 amide bonds. The first-order valence-corrected chi connectivity index (χ1v) is 6.31. The number of carbonyl (C=O) groups is 2. The molecule has 0 aromatic carbocycles. The van der Waals surface area contributed by atoms with Gasteiger partial charge >= 0.3 is 0 Å². The van der Waals surface area contributed by atoms with Gasteiger partial charge in [0.1, 0.15) is 5.71 Å². The molecule has 0 atom stereocenters. The number of nitrogens with zero attached hydrogens (tertiary/aromatic N) is 2. The van der Waals surface area contributed by atoms with Gasteiger partial charge in [-0.05, 0) is 30.5 Å². The highest BCUT2D eigenvalue weighted by Gasteiger charge is 2.25. The molecule has 1 aromatic rings. The molecule has 1 aromatic heterocycles. The number of aromatic nitrogens is 1. The first kappa shape index (κ1) is 11.8. The number of amides is 2. The lowest BCUT2D eigenvalue weighted by molar-refractivity contribution is -0.120. The minimum absolute atomic E-state index is 0.0511. The molecule has 1 fully saturated rings. The molecule has 19 heavy (non-hydrogen) atoms. The predicted octanol–water partition coefficient (Wildman–Crippen LogP) is 0.451. The van der Waals surface area contributed by atoms with Crippen molar-refractivity contribution in [2.45, 2.75) is 31.7 Å². The van der Waals surface area contributed by atoms with Gasteiger partial charge in [0.15, 0.2) is 0 Å². The fourth-order valence-electron chi connectivity index (χ4n) is 1.98. The number of rotatable bonds is 4. The van der Waals surface area contributed by atoms with Crippen molar-refractivity contribution in [1.29, 1.82) is 0 Å². The van der Waals surface area contributed by atoms with Gasteiger partial charge in [-0.25, -0.2) is 5.43 Å². The smallest absolute Gasteiger partial charge is 0.268 e. The van der Waals surface area contributed by atoms with Crippen molar-refractivity contribution in [2.24, 2.45) is 5.10 Å². The topological polar surface area (TPSA) is 83.5 Å². The van der Waals surface area contributed by atoms with Crippen LogP contribution in [-0.4, -0.2) is 22.5 Å². The maximum absolute atomic E-state index is 11.7. The van der Waals surface area contributed by atoms with E-state index in [0.29, 0.717) is 12.5 Å². The summed E-state index contributed by atoms with van der Waals surface area (Å²) >= 11 is 0. The van der Waals surface area contributed by atoms with E-state index in [0.717, 1.165) is 11.3 Å². The highest BCUT2D eigenvalue weighted by Crippen LogP contribution is 2.38. The molecule has 0 spiro atoms. The predicted molar refractivity (Wildman–Crippen MR) is 68.3 cm³/mol. The van der Waals surface area contributed by atoms with Crippen molar-refractivity contribution < 1.29 is 9.59 Å². The molecule has 98 valence electrons. The van der Waals surface area contributed by atoms with Gasteiger partial charge in [0.05, 0.1) is 6.42 Å². The maximum Gasteiger partial charge on any atom is 0.268 e. The van der Waals surface area contributed by atoms with E-state index < -0.39 is 0 Å². The average Bonchev–Trinajstić information content (AvgIpc) is 3.19. The summed E-state index contributed by atoms with van der Waals surface area (Å²) in [5, 5.41) is 6.44. The summed E-state index contributed by atoms with van der Waals surface area (Å²) in [6.45, 7) is 0.425. The summed E-state index contributed by atoms with van der Waals surface area (Å²) in [6.07, 6.45) is 4.23. The van der Waals surface area contributed by atoms with Crippen LogP contribution in [0.2, 0.25) is 0 Å². The van der Waals surface area contributed by atoms with E-state index in [1.54, 1.807) is 6.20 Å². The van der Waals surface area contributed by atoms with Crippen LogP contribution >= 0.6 is 0 Å². The fourth-order valence-corrected chi connectivity index (χ4v) is 1.98. The molecule has 1 aliphatic heterocycles. The zero-order chi connectivity index (χ0) is 13.2. The van der Waals surface area contributed by atoms with E-state index in [9.17, 15) is 9.59 Å². The summed E-state index contributed by atoms with van der Waals surface area (Å²) in [6, 6.07) is 3.91. The van der Waals surface area contributed by atoms with E-state index in [2.05, 4.69) is 20.8 Å². The third-order valence-corrected chi connectivity index (χ3v) is 3.20. The van der Waals surface area contributed by atoms with Crippen LogP contribution in [0.5, 0.6) is 0 Å². The average molecular weight is 258 g/mol. The molecule has 2 N–H and O–H groups in total. The van der Waals surface area contributed by atoms with Crippen molar-refractivity contribution in [2.75, 3.05) is 0 Å². The number of carbonyl (C=O) groups excluding carboxylic acids is 2. The Bertz CT molecular complexity index is 564. The largest absolute Gasteiger partial charge is 0.347 e. The Morgan fingerprint density at radius 2 is 2.32 bits per heavy atom. The van der Waals surface area contributed by atoms with Crippen LogP contribution in [0.25, 0.3) is 0 Å². The highest BCUT2D eigenvalue weighted by atomic mass is 16.2. The van der Waals surface area contributed by atoms with Crippen molar-refractivity contribution in [3.8, 4) is 0 Å². The second-order valence-electron chi connectivity index (χ2n) is 4.82. The molecule has 0 unspecified atom stereocenters. The van der Waals surface area contributed by atoms with Crippen LogP contribution in [-0.2, 0) is 16.1 Å². The molecular weight excluding hydrogens is 244 g/mol. The maximum atomic E-state index is 11.7. The molecule has 0 bridgehead atoms. The Balaban J connectivity index is 1.58. The molecule has 6 nitrogen and oxygen atoms in total. The van der Waals surface area contributed by atoms with Crippen molar-refractivity contribution in [1.82, 2.24) is 15.7 Å². The number of hydrogen-bond acceptors (Lipinski definition) is 4. The van der Waals surface area contributed by atoms with Gasteiger partial charge in [-0.3, -0.25) is 14.6 Å². The lowest BCUT2D eigenvalue weighted by Crippen LogP contribution is -2.30. The Hall–Kier alpha value is -2.24. The van der Waals surface area contributed by atoms with Crippen LogP contribution in [0.4, 0.5) is 0 Å². The third kappa shape index (κ3) is 2.78. The van der Waals surface area contributed by atoms with E-state index in [4.69, 9.17) is 0 Å². The first-order chi connectivity index (χ1) is 9.22. The number of hydrazone groups is 1. The summed E-state index contributed by atoms with van der Waals surface area (Å²) in [5.74, 6) is 0.0462. The van der Waals surface area contributed by atoms with Crippen molar-refractivity contribution >= 4 is 17.5 Å². The number of nitrogens with one attached hydrogen (secondary N) is 2. The van der Waals surface area contributed by atoms with Crippen molar-refractivity contribution in [3.05, 3.63) is 29.6 Å². The summed E-state index contributed by atoms with van der Waals surface area (Å²) in [5.41, 5.74) is 4.61. The van der Waals surface area contributed by atoms with E-state index in [1.807, 2.05) is 12.1 Å². The number of hydrogen-bond donors (Lipinski definition) is 2. The lowest BCUT2D eigenvalue weighted by Gasteiger charge is -2.05. The van der Waals surface area contributed by atoms with E-state index in [-0.39, 0.29) is 23.9 Å². The monoisotopic (exact) mass is 258 g/mol.